The second-order valence-electron chi connectivity index (χ2n) is 7.28. The summed E-state index contributed by atoms with van der Waals surface area (Å²) in [6.07, 6.45) is 4.71. The maximum atomic E-state index is 13.0. The van der Waals surface area contributed by atoms with Gasteiger partial charge in [-0.3, -0.25) is 14.5 Å². The Morgan fingerprint density at radius 2 is 2.18 bits per heavy atom. The van der Waals surface area contributed by atoms with Gasteiger partial charge in [0.2, 0.25) is 5.91 Å². The van der Waals surface area contributed by atoms with Crippen molar-refractivity contribution in [2.75, 3.05) is 23.3 Å². The van der Waals surface area contributed by atoms with Crippen LogP contribution in [0.5, 0.6) is 0 Å². The van der Waals surface area contributed by atoms with Gasteiger partial charge in [0.05, 0.1) is 22.8 Å². The topological polar surface area (TPSA) is 109 Å². The molecule has 0 radical (unpaired) electrons. The van der Waals surface area contributed by atoms with E-state index in [0.29, 0.717) is 34.2 Å². The molecule has 2 aliphatic rings. The number of nitrogens with zero attached hydrogens (tertiary/aromatic N) is 3. The van der Waals surface area contributed by atoms with Gasteiger partial charge in [-0.2, -0.15) is 0 Å². The van der Waals surface area contributed by atoms with Gasteiger partial charge in [-0.05, 0) is 32.8 Å². The van der Waals surface area contributed by atoms with Gasteiger partial charge in [0.15, 0.2) is 0 Å². The lowest BCUT2D eigenvalue weighted by Crippen LogP contribution is -2.54. The van der Waals surface area contributed by atoms with Crippen LogP contribution in [0.1, 0.15) is 36.4 Å². The summed E-state index contributed by atoms with van der Waals surface area (Å²) in [5.41, 5.74) is 7.68. The number of carbonyl (C=O) groups is 3. The Labute approximate surface area is 166 Å². The molecule has 0 aliphatic carbocycles. The summed E-state index contributed by atoms with van der Waals surface area (Å²) in [6.45, 7) is 4.81. The van der Waals surface area contributed by atoms with Crippen molar-refractivity contribution in [3.63, 3.8) is 0 Å². The number of hydrogen-bond donors (Lipinski definition) is 2. The Morgan fingerprint density at radius 1 is 1.39 bits per heavy atom. The molecule has 0 aromatic carbocycles. The van der Waals surface area contributed by atoms with Crippen LogP contribution in [0.4, 0.5) is 16.2 Å². The third kappa shape index (κ3) is 3.01. The van der Waals surface area contributed by atoms with Gasteiger partial charge in [-0.1, -0.05) is 5.57 Å². The minimum atomic E-state index is -0.586. The first kappa shape index (κ1) is 18.4. The fourth-order valence-corrected chi connectivity index (χ4v) is 4.85. The first-order valence-corrected chi connectivity index (χ1v) is 9.93. The Morgan fingerprint density at radius 3 is 2.89 bits per heavy atom. The van der Waals surface area contributed by atoms with Crippen molar-refractivity contribution in [1.29, 1.82) is 0 Å². The number of thiophene rings is 1. The van der Waals surface area contributed by atoms with Crippen LogP contribution in [0.3, 0.4) is 0 Å². The highest BCUT2D eigenvalue weighted by molar-refractivity contribution is 7.21. The van der Waals surface area contributed by atoms with Crippen LogP contribution < -0.4 is 16.0 Å². The summed E-state index contributed by atoms with van der Waals surface area (Å²) < 4.78 is 0. The van der Waals surface area contributed by atoms with Gasteiger partial charge < -0.3 is 16.0 Å². The SMILES string of the molecule is CC(C)=CC(=O)N1CCCC(N2C(=O)Nc3ccnc4sc(C(N)=O)c2c34)C1. The number of nitrogens with one attached hydrogen (secondary N) is 1. The zero-order valence-electron chi connectivity index (χ0n) is 15.7. The smallest absolute Gasteiger partial charge is 0.326 e. The van der Waals surface area contributed by atoms with Crippen molar-refractivity contribution in [2.45, 2.75) is 32.7 Å². The van der Waals surface area contributed by atoms with E-state index < -0.39 is 5.91 Å². The predicted octanol–water partition coefficient (Wildman–Crippen LogP) is 2.70. The van der Waals surface area contributed by atoms with Crippen molar-refractivity contribution < 1.29 is 14.4 Å². The number of carbonyl (C=O) groups excluding carboxylic acids is 3. The molecule has 2 aliphatic heterocycles. The third-order valence-corrected chi connectivity index (χ3v) is 6.08. The largest absolute Gasteiger partial charge is 0.365 e. The molecular weight excluding hydrogens is 378 g/mol. The van der Waals surface area contributed by atoms with E-state index >= 15 is 0 Å². The maximum Gasteiger partial charge on any atom is 0.326 e. The van der Waals surface area contributed by atoms with E-state index in [4.69, 9.17) is 5.73 Å². The van der Waals surface area contributed by atoms with Crippen LogP contribution in [-0.4, -0.2) is 46.9 Å². The van der Waals surface area contributed by atoms with Crippen LogP contribution in [0, 0.1) is 0 Å². The van der Waals surface area contributed by atoms with Gasteiger partial charge in [-0.15, -0.1) is 11.3 Å². The van der Waals surface area contributed by atoms with Gasteiger partial charge in [0.25, 0.3) is 5.91 Å². The van der Waals surface area contributed by atoms with Gasteiger partial charge in [0, 0.05) is 25.4 Å². The number of likely N-dealkylation sites (tertiary alicyclic amines) is 1. The van der Waals surface area contributed by atoms with Gasteiger partial charge in [-0.25, -0.2) is 9.78 Å². The zero-order chi connectivity index (χ0) is 20.0. The van der Waals surface area contributed by atoms with E-state index in [0.717, 1.165) is 23.8 Å². The summed E-state index contributed by atoms with van der Waals surface area (Å²) >= 11 is 1.19. The average Bonchev–Trinajstić information content (AvgIpc) is 3.02. The van der Waals surface area contributed by atoms with E-state index in [2.05, 4.69) is 10.3 Å². The molecule has 9 heteroatoms. The molecule has 4 amide bonds. The number of piperidine rings is 1. The minimum Gasteiger partial charge on any atom is -0.365 e. The second kappa shape index (κ2) is 6.90. The highest BCUT2D eigenvalue weighted by Gasteiger charge is 2.38. The summed E-state index contributed by atoms with van der Waals surface area (Å²) in [4.78, 5) is 46.2. The quantitative estimate of drug-likeness (QED) is 0.774. The number of urea groups is 1. The molecule has 1 fully saturated rings. The normalized spacial score (nSPS) is 18.8. The number of primary amides is 1. The van der Waals surface area contributed by atoms with Gasteiger partial charge in [0.1, 0.15) is 9.71 Å². The lowest BCUT2D eigenvalue weighted by molar-refractivity contribution is -0.127. The molecule has 146 valence electrons. The number of hydrogen-bond acceptors (Lipinski definition) is 5. The van der Waals surface area contributed by atoms with Crippen molar-refractivity contribution >= 4 is 50.8 Å². The first-order chi connectivity index (χ1) is 13.4. The lowest BCUT2D eigenvalue weighted by Gasteiger charge is -2.40. The average molecular weight is 399 g/mol. The molecule has 1 atom stereocenters. The maximum absolute atomic E-state index is 13.0. The predicted molar refractivity (Wildman–Crippen MR) is 109 cm³/mol. The second-order valence-corrected chi connectivity index (χ2v) is 8.28. The van der Waals surface area contributed by atoms with E-state index in [9.17, 15) is 14.4 Å². The molecule has 4 rings (SSSR count). The fraction of sp³-hybridized carbons (Fsp3) is 0.368. The number of nitrogens with two attached hydrogens (primary N) is 1. The van der Waals surface area contributed by atoms with Crippen molar-refractivity contribution in [1.82, 2.24) is 9.88 Å². The van der Waals surface area contributed by atoms with Crippen LogP contribution in [0.25, 0.3) is 10.2 Å². The summed E-state index contributed by atoms with van der Waals surface area (Å²) in [5, 5.41) is 3.62. The van der Waals surface area contributed by atoms with E-state index in [1.54, 1.807) is 28.1 Å². The summed E-state index contributed by atoms with van der Waals surface area (Å²) in [6, 6.07) is 1.15. The molecule has 1 unspecified atom stereocenters. The number of anilines is 2. The number of pyridine rings is 1. The van der Waals surface area contributed by atoms with Crippen LogP contribution in [-0.2, 0) is 4.79 Å². The van der Waals surface area contributed by atoms with E-state index in [1.165, 1.54) is 11.3 Å². The molecule has 0 spiro atoms. The Kier molecular flexibility index (Phi) is 4.54. The highest BCUT2D eigenvalue weighted by Crippen LogP contribution is 2.45. The fourth-order valence-electron chi connectivity index (χ4n) is 3.84. The summed E-state index contributed by atoms with van der Waals surface area (Å²) in [7, 11) is 0. The van der Waals surface area contributed by atoms with Crippen LogP contribution in [0.15, 0.2) is 23.9 Å². The van der Waals surface area contributed by atoms with Gasteiger partial charge >= 0.3 is 6.03 Å². The van der Waals surface area contributed by atoms with E-state index in [-0.39, 0.29) is 18.0 Å². The molecule has 28 heavy (non-hydrogen) atoms. The van der Waals surface area contributed by atoms with E-state index in [1.807, 2.05) is 13.8 Å². The van der Waals surface area contributed by atoms with Crippen molar-refractivity contribution in [3.8, 4) is 0 Å². The Bertz CT molecular complexity index is 1020. The van der Waals surface area contributed by atoms with Crippen LogP contribution >= 0.6 is 11.3 Å². The molecular formula is C19H21N5O3S. The summed E-state index contributed by atoms with van der Waals surface area (Å²) in [5.74, 6) is -0.647. The molecule has 0 saturated carbocycles. The number of allylic oxidation sites excluding steroid dienone is 1. The Balaban J connectivity index is 1.76. The zero-order valence-corrected chi connectivity index (χ0v) is 16.5. The molecule has 4 heterocycles. The van der Waals surface area contributed by atoms with Crippen LogP contribution in [0.2, 0.25) is 0 Å². The minimum absolute atomic E-state index is 0.0604. The molecule has 3 N–H and O–H groups in total. The monoisotopic (exact) mass is 399 g/mol. The van der Waals surface area contributed by atoms with Crippen molar-refractivity contribution in [3.05, 3.63) is 28.8 Å². The molecule has 8 nitrogen and oxygen atoms in total. The molecule has 1 saturated heterocycles. The highest BCUT2D eigenvalue weighted by atomic mass is 32.1. The Hall–Kier alpha value is -2.94. The third-order valence-electron chi connectivity index (χ3n) is 4.98. The number of rotatable bonds is 3. The number of amides is 4. The number of aromatic nitrogens is 1. The first-order valence-electron chi connectivity index (χ1n) is 9.12. The van der Waals surface area contributed by atoms with Crippen molar-refractivity contribution in [2.24, 2.45) is 5.73 Å². The standard InChI is InChI=1S/C19H21N5O3S/c1-10(2)8-13(25)23-7-3-4-11(9-23)24-15-14-12(22-19(24)27)5-6-21-18(14)28-16(15)17(20)26/h5-6,8,11H,3-4,7,9H2,1-2H3,(H2,20,26)(H,22,27). The molecule has 0 bridgehead atoms. The lowest BCUT2D eigenvalue weighted by atomic mass is 10.0. The molecule has 2 aromatic rings. The molecule has 2 aromatic heterocycles.